The molecule has 1 aromatic carbocycles. The SMILES string of the molecule is CC(C)C1CCN(C(=O)c2cc(Cl)c3ccccc3n2)C1. The first-order chi connectivity index (χ1) is 10.1. The summed E-state index contributed by atoms with van der Waals surface area (Å²) < 4.78 is 0. The van der Waals surface area contributed by atoms with Crippen LogP contribution in [0.15, 0.2) is 30.3 Å². The summed E-state index contributed by atoms with van der Waals surface area (Å²) >= 11 is 6.28. The van der Waals surface area contributed by atoms with E-state index >= 15 is 0 Å². The molecule has 0 saturated carbocycles. The smallest absolute Gasteiger partial charge is 0.272 e. The predicted molar refractivity (Wildman–Crippen MR) is 85.6 cm³/mol. The third kappa shape index (κ3) is 2.75. The summed E-state index contributed by atoms with van der Waals surface area (Å²) in [5.74, 6) is 1.19. The normalized spacial score (nSPS) is 18.7. The molecule has 1 atom stereocenters. The number of hydrogen-bond acceptors (Lipinski definition) is 2. The van der Waals surface area contributed by atoms with Gasteiger partial charge in [0.25, 0.3) is 5.91 Å². The van der Waals surface area contributed by atoms with E-state index in [1.165, 1.54) is 0 Å². The molecule has 0 bridgehead atoms. The molecule has 1 fully saturated rings. The van der Waals surface area contributed by atoms with Gasteiger partial charge in [0, 0.05) is 18.5 Å². The number of halogens is 1. The average molecular weight is 303 g/mol. The standard InChI is InChI=1S/C17H19ClN2O/c1-11(2)12-7-8-20(10-12)17(21)16-9-14(18)13-5-3-4-6-15(13)19-16/h3-6,9,11-12H,7-8,10H2,1-2H3. The third-order valence-electron chi connectivity index (χ3n) is 4.34. The molecule has 0 aliphatic carbocycles. The first kappa shape index (κ1) is 14.3. The van der Waals surface area contributed by atoms with Gasteiger partial charge in [-0.25, -0.2) is 4.98 Å². The Morgan fingerprint density at radius 2 is 2.14 bits per heavy atom. The van der Waals surface area contributed by atoms with Crippen LogP contribution in [0, 0.1) is 11.8 Å². The van der Waals surface area contributed by atoms with E-state index < -0.39 is 0 Å². The van der Waals surface area contributed by atoms with E-state index in [-0.39, 0.29) is 5.91 Å². The van der Waals surface area contributed by atoms with Crippen molar-refractivity contribution < 1.29 is 4.79 Å². The highest BCUT2D eigenvalue weighted by molar-refractivity contribution is 6.35. The number of carbonyl (C=O) groups is 1. The second-order valence-electron chi connectivity index (χ2n) is 6.05. The monoisotopic (exact) mass is 302 g/mol. The lowest BCUT2D eigenvalue weighted by Crippen LogP contribution is -2.30. The number of amides is 1. The molecule has 2 heterocycles. The molecule has 3 rings (SSSR count). The van der Waals surface area contributed by atoms with Gasteiger partial charge in [-0.15, -0.1) is 0 Å². The van der Waals surface area contributed by atoms with Crippen molar-refractivity contribution in [1.82, 2.24) is 9.88 Å². The molecular weight excluding hydrogens is 284 g/mol. The fourth-order valence-corrected chi connectivity index (χ4v) is 3.18. The van der Waals surface area contributed by atoms with E-state index in [0.717, 1.165) is 30.4 Å². The topological polar surface area (TPSA) is 33.2 Å². The van der Waals surface area contributed by atoms with E-state index in [4.69, 9.17) is 11.6 Å². The van der Waals surface area contributed by atoms with E-state index in [1.807, 2.05) is 29.2 Å². The highest BCUT2D eigenvalue weighted by Gasteiger charge is 2.29. The first-order valence-corrected chi connectivity index (χ1v) is 7.78. The van der Waals surface area contributed by atoms with Crippen LogP contribution in [0.1, 0.15) is 30.8 Å². The maximum atomic E-state index is 12.6. The summed E-state index contributed by atoms with van der Waals surface area (Å²) in [5, 5.41) is 1.47. The molecule has 21 heavy (non-hydrogen) atoms. The molecule has 0 N–H and O–H groups in total. The first-order valence-electron chi connectivity index (χ1n) is 7.41. The van der Waals surface area contributed by atoms with E-state index in [9.17, 15) is 4.79 Å². The molecule has 1 unspecified atom stereocenters. The number of fused-ring (bicyclic) bond motifs is 1. The minimum absolute atomic E-state index is 0.00852. The van der Waals surface area contributed by atoms with E-state index in [2.05, 4.69) is 18.8 Å². The highest BCUT2D eigenvalue weighted by atomic mass is 35.5. The second-order valence-corrected chi connectivity index (χ2v) is 6.46. The van der Waals surface area contributed by atoms with Crippen LogP contribution in [0.2, 0.25) is 5.02 Å². The second kappa shape index (κ2) is 5.64. The number of pyridine rings is 1. The Bertz CT molecular complexity index is 684. The van der Waals surface area contributed by atoms with E-state index in [0.29, 0.717) is 22.6 Å². The van der Waals surface area contributed by atoms with Crippen LogP contribution in [-0.4, -0.2) is 28.9 Å². The lowest BCUT2D eigenvalue weighted by Gasteiger charge is -2.18. The maximum Gasteiger partial charge on any atom is 0.272 e. The van der Waals surface area contributed by atoms with Crippen LogP contribution in [-0.2, 0) is 0 Å². The number of hydrogen-bond donors (Lipinski definition) is 0. The Kier molecular flexibility index (Phi) is 3.85. The number of carbonyl (C=O) groups excluding carboxylic acids is 1. The van der Waals surface area contributed by atoms with E-state index in [1.54, 1.807) is 6.07 Å². The Balaban J connectivity index is 1.89. The van der Waals surface area contributed by atoms with Crippen LogP contribution in [0.3, 0.4) is 0 Å². The third-order valence-corrected chi connectivity index (χ3v) is 4.65. The Morgan fingerprint density at radius 3 is 2.86 bits per heavy atom. The summed E-state index contributed by atoms with van der Waals surface area (Å²) in [6.07, 6.45) is 1.07. The Morgan fingerprint density at radius 1 is 1.38 bits per heavy atom. The highest BCUT2D eigenvalue weighted by Crippen LogP contribution is 2.27. The Hall–Kier alpha value is -1.61. The molecule has 110 valence electrons. The van der Waals surface area contributed by atoms with Crippen LogP contribution >= 0.6 is 11.6 Å². The zero-order valence-corrected chi connectivity index (χ0v) is 13.1. The van der Waals surface area contributed by atoms with Crippen LogP contribution in [0.5, 0.6) is 0 Å². The number of para-hydroxylation sites is 1. The van der Waals surface area contributed by atoms with Crippen molar-refractivity contribution in [3.63, 3.8) is 0 Å². The summed E-state index contributed by atoms with van der Waals surface area (Å²) in [7, 11) is 0. The number of rotatable bonds is 2. The average Bonchev–Trinajstić information content (AvgIpc) is 2.96. The molecule has 1 aromatic heterocycles. The largest absolute Gasteiger partial charge is 0.337 e. The van der Waals surface area contributed by atoms with Crippen LogP contribution in [0.4, 0.5) is 0 Å². The van der Waals surface area contributed by atoms with Crippen molar-refractivity contribution in [3.8, 4) is 0 Å². The van der Waals surface area contributed by atoms with Crippen molar-refractivity contribution in [2.45, 2.75) is 20.3 Å². The van der Waals surface area contributed by atoms with Crippen molar-refractivity contribution in [1.29, 1.82) is 0 Å². The number of benzene rings is 1. The molecule has 1 aliphatic rings. The van der Waals surface area contributed by atoms with Gasteiger partial charge in [-0.2, -0.15) is 0 Å². The number of aromatic nitrogens is 1. The number of nitrogens with zero attached hydrogens (tertiary/aromatic N) is 2. The molecule has 1 amide bonds. The van der Waals surface area contributed by atoms with Crippen LogP contribution in [0.25, 0.3) is 10.9 Å². The lowest BCUT2D eigenvalue weighted by molar-refractivity contribution is 0.0778. The van der Waals surface area contributed by atoms with Gasteiger partial charge in [0.15, 0.2) is 0 Å². The molecule has 4 heteroatoms. The molecule has 1 aliphatic heterocycles. The molecular formula is C17H19ClN2O. The Labute approximate surface area is 129 Å². The maximum absolute atomic E-state index is 12.6. The van der Waals surface area contributed by atoms with Gasteiger partial charge in [-0.05, 0) is 30.4 Å². The van der Waals surface area contributed by atoms with Gasteiger partial charge < -0.3 is 4.90 Å². The predicted octanol–water partition coefficient (Wildman–Crippen LogP) is 4.01. The summed E-state index contributed by atoms with van der Waals surface area (Å²) in [6.45, 7) is 6.06. The van der Waals surface area contributed by atoms with Gasteiger partial charge in [-0.3, -0.25) is 4.79 Å². The van der Waals surface area contributed by atoms with Crippen molar-refractivity contribution >= 4 is 28.4 Å². The summed E-state index contributed by atoms with van der Waals surface area (Å²) in [5.41, 5.74) is 1.22. The van der Waals surface area contributed by atoms with Gasteiger partial charge in [0.2, 0.25) is 0 Å². The van der Waals surface area contributed by atoms with Crippen molar-refractivity contribution in [2.75, 3.05) is 13.1 Å². The minimum atomic E-state index is -0.00852. The van der Waals surface area contributed by atoms with Crippen molar-refractivity contribution in [2.24, 2.45) is 11.8 Å². The quantitative estimate of drug-likeness (QED) is 0.840. The molecule has 0 radical (unpaired) electrons. The summed E-state index contributed by atoms with van der Waals surface area (Å²) in [6, 6.07) is 9.33. The van der Waals surface area contributed by atoms with Gasteiger partial charge >= 0.3 is 0 Å². The summed E-state index contributed by atoms with van der Waals surface area (Å²) in [4.78, 5) is 19.0. The van der Waals surface area contributed by atoms with Gasteiger partial charge in [-0.1, -0.05) is 43.6 Å². The van der Waals surface area contributed by atoms with Gasteiger partial charge in [0.05, 0.1) is 10.5 Å². The van der Waals surface area contributed by atoms with Crippen LogP contribution < -0.4 is 0 Å². The lowest BCUT2D eigenvalue weighted by atomic mass is 9.95. The minimum Gasteiger partial charge on any atom is -0.337 e. The number of likely N-dealkylation sites (tertiary alicyclic amines) is 1. The zero-order chi connectivity index (χ0) is 15.0. The fraction of sp³-hybridized carbons (Fsp3) is 0.412. The zero-order valence-electron chi connectivity index (χ0n) is 12.3. The van der Waals surface area contributed by atoms with Gasteiger partial charge in [0.1, 0.15) is 5.69 Å². The van der Waals surface area contributed by atoms with Crippen molar-refractivity contribution in [3.05, 3.63) is 41.0 Å². The molecule has 3 nitrogen and oxygen atoms in total. The molecule has 1 saturated heterocycles. The molecule has 2 aromatic rings. The molecule has 0 spiro atoms. The fourth-order valence-electron chi connectivity index (χ4n) is 2.92.